The Balaban J connectivity index is 2.06. The lowest BCUT2D eigenvalue weighted by Gasteiger charge is -2.09. The van der Waals surface area contributed by atoms with Crippen LogP contribution >= 0.6 is 27.5 Å². The van der Waals surface area contributed by atoms with Gasteiger partial charge >= 0.3 is 0 Å². The monoisotopic (exact) mass is 323 g/mol. The molecule has 2 aromatic rings. The fraction of sp³-hybridized carbons (Fsp3) is 0.200. The summed E-state index contributed by atoms with van der Waals surface area (Å²) in [4.78, 5) is 0. The van der Waals surface area contributed by atoms with Crippen LogP contribution in [0.15, 0.2) is 40.9 Å². The maximum Gasteiger partial charge on any atom is 0.0551 e. The second-order valence-corrected chi connectivity index (χ2v) is 5.66. The van der Waals surface area contributed by atoms with Gasteiger partial charge in [0.05, 0.1) is 5.02 Å². The first-order valence-electron chi connectivity index (χ1n) is 5.81. The van der Waals surface area contributed by atoms with Gasteiger partial charge in [0.2, 0.25) is 0 Å². The highest BCUT2D eigenvalue weighted by atomic mass is 79.9. The van der Waals surface area contributed by atoms with Crippen LogP contribution < -0.4 is 5.32 Å². The molecule has 0 aliphatic carbocycles. The molecule has 2 rings (SSSR count). The van der Waals surface area contributed by atoms with E-state index in [-0.39, 0.29) is 0 Å². The Kier molecular flexibility index (Phi) is 4.31. The first kappa shape index (κ1) is 13.4. The van der Waals surface area contributed by atoms with Crippen molar-refractivity contribution in [1.29, 1.82) is 0 Å². The van der Waals surface area contributed by atoms with Gasteiger partial charge < -0.3 is 5.32 Å². The number of halogens is 2. The molecule has 0 atom stereocenters. The highest BCUT2D eigenvalue weighted by Crippen LogP contribution is 2.23. The van der Waals surface area contributed by atoms with Crippen molar-refractivity contribution in [2.24, 2.45) is 0 Å². The number of hydrogen-bond acceptors (Lipinski definition) is 1. The number of hydrogen-bond donors (Lipinski definition) is 1. The topological polar surface area (TPSA) is 12.0 Å². The zero-order valence-corrected chi connectivity index (χ0v) is 12.8. The molecule has 0 fully saturated rings. The van der Waals surface area contributed by atoms with E-state index in [1.807, 2.05) is 12.1 Å². The summed E-state index contributed by atoms with van der Waals surface area (Å²) >= 11 is 9.46. The Morgan fingerprint density at radius 2 is 1.83 bits per heavy atom. The van der Waals surface area contributed by atoms with Gasteiger partial charge in [-0.15, -0.1) is 0 Å². The molecule has 3 heteroatoms. The van der Waals surface area contributed by atoms with Crippen molar-refractivity contribution in [3.63, 3.8) is 0 Å². The Hall–Kier alpha value is -0.990. The van der Waals surface area contributed by atoms with Crippen molar-refractivity contribution in [3.8, 4) is 0 Å². The average molecular weight is 325 g/mol. The summed E-state index contributed by atoms with van der Waals surface area (Å²) in [6.07, 6.45) is 0. The summed E-state index contributed by atoms with van der Waals surface area (Å²) in [5, 5.41) is 4.15. The van der Waals surface area contributed by atoms with Crippen LogP contribution in [0.3, 0.4) is 0 Å². The van der Waals surface area contributed by atoms with Gasteiger partial charge in [-0.1, -0.05) is 23.7 Å². The first-order chi connectivity index (χ1) is 8.56. The lowest BCUT2D eigenvalue weighted by Crippen LogP contribution is -1.99. The van der Waals surface area contributed by atoms with Gasteiger partial charge in [-0.2, -0.15) is 0 Å². The van der Waals surface area contributed by atoms with E-state index in [1.165, 1.54) is 16.7 Å². The molecule has 0 aliphatic rings. The van der Waals surface area contributed by atoms with E-state index >= 15 is 0 Å². The quantitative estimate of drug-likeness (QED) is 0.804. The lowest BCUT2D eigenvalue weighted by molar-refractivity contribution is 1.14. The van der Waals surface area contributed by atoms with Crippen LogP contribution in [-0.4, -0.2) is 0 Å². The van der Waals surface area contributed by atoms with Crippen LogP contribution in [0.2, 0.25) is 5.02 Å². The van der Waals surface area contributed by atoms with Crippen LogP contribution in [0, 0.1) is 13.8 Å². The van der Waals surface area contributed by atoms with Gasteiger partial charge in [-0.05, 0) is 70.7 Å². The number of aryl methyl sites for hydroxylation is 2. The Labute approximate surface area is 121 Å². The van der Waals surface area contributed by atoms with Gasteiger partial charge in [-0.25, -0.2) is 0 Å². The standard InChI is InChI=1S/C15H15BrClN/c1-10-3-5-13(7-11(10)2)18-9-12-4-6-14(16)15(17)8-12/h3-8,18H,9H2,1-2H3. The van der Waals surface area contributed by atoms with Gasteiger partial charge in [0.25, 0.3) is 0 Å². The van der Waals surface area contributed by atoms with E-state index in [9.17, 15) is 0 Å². The maximum absolute atomic E-state index is 6.07. The van der Waals surface area contributed by atoms with Gasteiger partial charge in [-0.3, -0.25) is 0 Å². The highest BCUT2D eigenvalue weighted by molar-refractivity contribution is 9.10. The summed E-state index contributed by atoms with van der Waals surface area (Å²) in [6.45, 7) is 5.01. The smallest absolute Gasteiger partial charge is 0.0551 e. The number of anilines is 1. The first-order valence-corrected chi connectivity index (χ1v) is 6.98. The minimum Gasteiger partial charge on any atom is -0.381 e. The molecular weight excluding hydrogens is 310 g/mol. The fourth-order valence-corrected chi connectivity index (χ4v) is 2.15. The van der Waals surface area contributed by atoms with Crippen molar-refractivity contribution < 1.29 is 0 Å². The van der Waals surface area contributed by atoms with Crippen LogP contribution in [0.25, 0.3) is 0 Å². The molecule has 0 radical (unpaired) electrons. The third-order valence-electron chi connectivity index (χ3n) is 2.99. The summed E-state index contributed by atoms with van der Waals surface area (Å²) < 4.78 is 0.930. The fourth-order valence-electron chi connectivity index (χ4n) is 1.71. The molecule has 0 aliphatic heterocycles. The number of benzene rings is 2. The van der Waals surface area contributed by atoms with E-state index in [0.29, 0.717) is 0 Å². The zero-order valence-electron chi connectivity index (χ0n) is 10.4. The van der Waals surface area contributed by atoms with Gasteiger partial charge in [0, 0.05) is 16.7 Å². The molecule has 1 nitrogen and oxygen atoms in total. The van der Waals surface area contributed by atoms with Crippen LogP contribution in [-0.2, 0) is 6.54 Å². The largest absolute Gasteiger partial charge is 0.381 e. The van der Waals surface area contributed by atoms with E-state index in [0.717, 1.165) is 21.7 Å². The van der Waals surface area contributed by atoms with E-state index in [2.05, 4.69) is 59.4 Å². The predicted molar refractivity (Wildman–Crippen MR) is 82.4 cm³/mol. The SMILES string of the molecule is Cc1ccc(NCc2ccc(Br)c(Cl)c2)cc1C. The molecule has 0 bridgehead atoms. The van der Waals surface area contributed by atoms with E-state index in [4.69, 9.17) is 11.6 Å². The summed E-state index contributed by atoms with van der Waals surface area (Å²) in [6, 6.07) is 12.4. The number of nitrogens with one attached hydrogen (secondary N) is 1. The highest BCUT2D eigenvalue weighted by Gasteiger charge is 2.00. The number of rotatable bonds is 3. The molecule has 94 valence electrons. The molecule has 0 heterocycles. The van der Waals surface area contributed by atoms with E-state index < -0.39 is 0 Å². The molecule has 1 N–H and O–H groups in total. The zero-order chi connectivity index (χ0) is 13.1. The van der Waals surface area contributed by atoms with Crippen LogP contribution in [0.1, 0.15) is 16.7 Å². The van der Waals surface area contributed by atoms with Crippen LogP contribution in [0.4, 0.5) is 5.69 Å². The maximum atomic E-state index is 6.07. The van der Waals surface area contributed by atoms with Crippen molar-refractivity contribution in [3.05, 3.63) is 62.6 Å². The summed E-state index contributed by atoms with van der Waals surface area (Å²) in [7, 11) is 0. The average Bonchev–Trinajstić information content (AvgIpc) is 2.35. The molecule has 0 saturated carbocycles. The minimum absolute atomic E-state index is 0.745. The molecule has 2 aromatic carbocycles. The third kappa shape index (κ3) is 3.27. The normalized spacial score (nSPS) is 10.4. The van der Waals surface area contributed by atoms with Gasteiger partial charge in [0.1, 0.15) is 0 Å². The second kappa shape index (κ2) is 5.77. The molecule has 0 spiro atoms. The molecule has 0 aromatic heterocycles. The molecule has 0 unspecified atom stereocenters. The minimum atomic E-state index is 0.745. The summed E-state index contributed by atoms with van der Waals surface area (Å²) in [5.41, 5.74) is 4.92. The third-order valence-corrected chi connectivity index (χ3v) is 4.22. The predicted octanol–water partition coefficient (Wildman–Crippen LogP) is 5.33. The van der Waals surface area contributed by atoms with Crippen LogP contribution in [0.5, 0.6) is 0 Å². The molecule has 0 amide bonds. The van der Waals surface area contributed by atoms with E-state index in [1.54, 1.807) is 0 Å². The molecule has 0 saturated heterocycles. The van der Waals surface area contributed by atoms with Crippen molar-refractivity contribution >= 4 is 33.2 Å². The second-order valence-electron chi connectivity index (χ2n) is 4.40. The Morgan fingerprint density at radius 1 is 1.06 bits per heavy atom. The molecular formula is C15H15BrClN. The Morgan fingerprint density at radius 3 is 2.50 bits per heavy atom. The molecule has 18 heavy (non-hydrogen) atoms. The van der Waals surface area contributed by atoms with Crippen molar-refractivity contribution in [2.45, 2.75) is 20.4 Å². The lowest BCUT2D eigenvalue weighted by atomic mass is 10.1. The van der Waals surface area contributed by atoms with Crippen molar-refractivity contribution in [1.82, 2.24) is 0 Å². The summed E-state index contributed by atoms with van der Waals surface area (Å²) in [5.74, 6) is 0. The Bertz CT molecular complexity index is 515. The van der Waals surface area contributed by atoms with Crippen molar-refractivity contribution in [2.75, 3.05) is 5.32 Å². The van der Waals surface area contributed by atoms with Gasteiger partial charge in [0.15, 0.2) is 0 Å².